The molecule has 0 spiro atoms. The minimum Gasteiger partial charge on any atom is -0.482 e. The van der Waals surface area contributed by atoms with Crippen molar-refractivity contribution in [2.24, 2.45) is 4.99 Å². The minimum absolute atomic E-state index is 0.142. The number of aliphatic imine (C=N–C) groups is 1. The van der Waals surface area contributed by atoms with Crippen LogP contribution in [0.5, 0.6) is 5.75 Å². The molecule has 1 heterocycles. The molecule has 2 aromatic carbocycles. The predicted molar refractivity (Wildman–Crippen MR) is 116 cm³/mol. The average molecular weight is 431 g/mol. The summed E-state index contributed by atoms with van der Waals surface area (Å²) in [5, 5.41) is 3.93. The number of thioether (sulfide) groups is 1. The molecule has 6 nitrogen and oxygen atoms in total. The Morgan fingerprint density at radius 1 is 1.24 bits per heavy atom. The smallest absolute Gasteiger partial charge is 0.344 e. The van der Waals surface area contributed by atoms with E-state index in [0.717, 1.165) is 16.8 Å². The second kappa shape index (κ2) is 9.62. The highest BCUT2D eigenvalue weighted by Gasteiger charge is 2.24. The van der Waals surface area contributed by atoms with Gasteiger partial charge in [0.05, 0.1) is 17.2 Å². The lowest BCUT2D eigenvalue weighted by Crippen LogP contribution is -2.19. The molecule has 3 rings (SSSR count). The summed E-state index contributed by atoms with van der Waals surface area (Å²) in [5.74, 6) is -0.0762. The molecule has 1 aliphatic rings. The Bertz CT molecular complexity index is 987. The van der Waals surface area contributed by atoms with Crippen molar-refractivity contribution in [3.05, 3.63) is 63.5 Å². The van der Waals surface area contributed by atoms with Gasteiger partial charge < -0.3 is 14.8 Å². The second-order valence-corrected chi connectivity index (χ2v) is 7.54. The van der Waals surface area contributed by atoms with Crippen molar-refractivity contribution in [3.8, 4) is 5.75 Å². The zero-order chi connectivity index (χ0) is 20.8. The summed E-state index contributed by atoms with van der Waals surface area (Å²) in [6.45, 7) is 3.83. The van der Waals surface area contributed by atoms with E-state index in [1.807, 2.05) is 19.1 Å². The van der Waals surface area contributed by atoms with E-state index in [9.17, 15) is 9.59 Å². The van der Waals surface area contributed by atoms with Gasteiger partial charge in [0.25, 0.3) is 5.91 Å². The quantitative estimate of drug-likeness (QED) is 0.540. The molecule has 0 aliphatic carbocycles. The largest absolute Gasteiger partial charge is 0.482 e. The number of carbonyl (C=O) groups excluding carboxylic acids is 2. The average Bonchev–Trinajstić information content (AvgIpc) is 3.03. The number of hydrogen-bond donors (Lipinski definition) is 1. The Morgan fingerprint density at radius 3 is 2.69 bits per heavy atom. The van der Waals surface area contributed by atoms with Gasteiger partial charge in [-0.05, 0) is 73.1 Å². The highest BCUT2D eigenvalue weighted by molar-refractivity contribution is 8.18. The minimum atomic E-state index is -0.416. The van der Waals surface area contributed by atoms with Crippen LogP contribution in [0.15, 0.2) is 52.4 Å². The molecule has 0 saturated carbocycles. The fourth-order valence-corrected chi connectivity index (χ4v) is 3.55. The van der Waals surface area contributed by atoms with E-state index < -0.39 is 5.97 Å². The van der Waals surface area contributed by atoms with Crippen LogP contribution in [-0.2, 0) is 14.3 Å². The molecule has 1 N–H and O–H groups in total. The number of rotatable bonds is 6. The Labute approximate surface area is 177 Å². The Kier molecular flexibility index (Phi) is 6.95. The predicted octanol–water partition coefficient (Wildman–Crippen LogP) is 4.48. The monoisotopic (exact) mass is 430 g/mol. The Balaban J connectivity index is 1.66. The molecule has 1 amide bonds. The summed E-state index contributed by atoms with van der Waals surface area (Å²) in [4.78, 5) is 28.6. The van der Waals surface area contributed by atoms with Crippen LogP contribution in [0.3, 0.4) is 0 Å². The van der Waals surface area contributed by atoms with Crippen molar-refractivity contribution >= 4 is 52.2 Å². The normalized spacial score (nSPS) is 16.2. The molecule has 0 bridgehead atoms. The SMILES string of the molecule is CCOC(=O)COc1ccc(/C=C2\SC(=Nc3ccc(Cl)cc3C)NC2=O)cc1. The van der Waals surface area contributed by atoms with Crippen LogP contribution in [0.2, 0.25) is 5.02 Å². The maximum Gasteiger partial charge on any atom is 0.344 e. The van der Waals surface area contributed by atoms with Crippen LogP contribution in [0.4, 0.5) is 5.69 Å². The third kappa shape index (κ3) is 5.85. The summed E-state index contributed by atoms with van der Waals surface area (Å²) in [5.41, 5.74) is 2.51. The number of nitrogens with one attached hydrogen (secondary N) is 1. The van der Waals surface area contributed by atoms with Crippen LogP contribution in [0, 0.1) is 6.92 Å². The van der Waals surface area contributed by atoms with Gasteiger partial charge in [0.15, 0.2) is 11.8 Å². The fraction of sp³-hybridized carbons (Fsp3) is 0.190. The van der Waals surface area contributed by atoms with Gasteiger partial charge in [-0.2, -0.15) is 0 Å². The zero-order valence-electron chi connectivity index (χ0n) is 15.9. The maximum atomic E-state index is 12.2. The molecular formula is C21H19ClN2O4S. The number of carbonyl (C=O) groups is 2. The van der Waals surface area contributed by atoms with Crippen LogP contribution < -0.4 is 10.1 Å². The van der Waals surface area contributed by atoms with Crippen LogP contribution in [0.25, 0.3) is 6.08 Å². The van der Waals surface area contributed by atoms with Crippen molar-refractivity contribution in [1.82, 2.24) is 5.32 Å². The number of aryl methyl sites for hydroxylation is 1. The summed E-state index contributed by atoms with van der Waals surface area (Å²) in [6.07, 6.45) is 1.77. The Morgan fingerprint density at radius 2 is 2.00 bits per heavy atom. The first-order valence-corrected chi connectivity index (χ1v) is 10.1. The second-order valence-electron chi connectivity index (χ2n) is 6.08. The molecule has 29 heavy (non-hydrogen) atoms. The van der Waals surface area contributed by atoms with Gasteiger partial charge in [0.2, 0.25) is 0 Å². The van der Waals surface area contributed by atoms with Crippen molar-refractivity contribution in [2.75, 3.05) is 13.2 Å². The summed E-state index contributed by atoms with van der Waals surface area (Å²) in [7, 11) is 0. The van der Waals surface area contributed by atoms with E-state index in [1.54, 1.807) is 43.3 Å². The molecule has 1 saturated heterocycles. The van der Waals surface area contributed by atoms with E-state index >= 15 is 0 Å². The molecule has 1 aliphatic heterocycles. The summed E-state index contributed by atoms with van der Waals surface area (Å²) < 4.78 is 10.2. The highest BCUT2D eigenvalue weighted by Crippen LogP contribution is 2.30. The molecular weight excluding hydrogens is 412 g/mol. The van der Waals surface area contributed by atoms with E-state index in [2.05, 4.69) is 10.3 Å². The van der Waals surface area contributed by atoms with Crippen LogP contribution >= 0.6 is 23.4 Å². The molecule has 150 valence electrons. The zero-order valence-corrected chi connectivity index (χ0v) is 17.5. The van der Waals surface area contributed by atoms with Gasteiger partial charge in [-0.15, -0.1) is 0 Å². The van der Waals surface area contributed by atoms with E-state index in [0.29, 0.717) is 27.5 Å². The van der Waals surface area contributed by atoms with Gasteiger partial charge in [0, 0.05) is 5.02 Å². The third-order valence-corrected chi connectivity index (χ3v) is 5.02. The molecule has 1 fully saturated rings. The Hall–Kier alpha value is -2.77. The molecule has 0 atom stereocenters. The summed E-state index contributed by atoms with van der Waals surface area (Å²) in [6, 6.07) is 12.5. The van der Waals surface area contributed by atoms with Crippen molar-refractivity contribution in [2.45, 2.75) is 13.8 Å². The standard InChI is InChI=1S/C21H19ClN2O4S/c1-3-27-19(25)12-28-16-7-4-14(5-8-16)11-18-20(26)24-21(29-18)23-17-9-6-15(22)10-13(17)2/h4-11H,3,12H2,1-2H3,(H,23,24,26)/b18-11-. The number of nitrogens with zero attached hydrogens (tertiary/aromatic N) is 1. The number of hydrogen-bond acceptors (Lipinski definition) is 6. The van der Waals surface area contributed by atoms with Crippen molar-refractivity contribution < 1.29 is 19.1 Å². The molecule has 0 radical (unpaired) electrons. The lowest BCUT2D eigenvalue weighted by Gasteiger charge is -2.05. The first kappa shape index (κ1) is 21.0. The van der Waals surface area contributed by atoms with Crippen molar-refractivity contribution in [3.63, 3.8) is 0 Å². The molecule has 0 aromatic heterocycles. The first-order valence-electron chi connectivity index (χ1n) is 8.89. The first-order chi connectivity index (χ1) is 13.9. The number of benzene rings is 2. The van der Waals surface area contributed by atoms with Gasteiger partial charge >= 0.3 is 5.97 Å². The maximum absolute atomic E-state index is 12.2. The van der Waals surface area contributed by atoms with Crippen molar-refractivity contribution in [1.29, 1.82) is 0 Å². The van der Waals surface area contributed by atoms with E-state index in [-0.39, 0.29) is 12.5 Å². The lowest BCUT2D eigenvalue weighted by molar-refractivity contribution is -0.145. The summed E-state index contributed by atoms with van der Waals surface area (Å²) >= 11 is 7.24. The fourth-order valence-electron chi connectivity index (χ4n) is 2.49. The highest BCUT2D eigenvalue weighted by atomic mass is 35.5. The number of halogens is 1. The number of ether oxygens (including phenoxy) is 2. The number of esters is 1. The number of amidine groups is 1. The van der Waals surface area contributed by atoms with Gasteiger partial charge in [0.1, 0.15) is 5.75 Å². The van der Waals surface area contributed by atoms with Gasteiger partial charge in [-0.3, -0.25) is 4.79 Å². The third-order valence-electron chi connectivity index (χ3n) is 3.87. The van der Waals surface area contributed by atoms with E-state index in [4.69, 9.17) is 21.1 Å². The topological polar surface area (TPSA) is 77.0 Å². The van der Waals surface area contributed by atoms with Gasteiger partial charge in [-0.25, -0.2) is 9.79 Å². The van der Waals surface area contributed by atoms with Gasteiger partial charge in [-0.1, -0.05) is 23.7 Å². The molecule has 2 aromatic rings. The van der Waals surface area contributed by atoms with Crippen LogP contribution in [0.1, 0.15) is 18.1 Å². The van der Waals surface area contributed by atoms with Crippen LogP contribution in [-0.4, -0.2) is 30.3 Å². The number of amides is 1. The molecule has 8 heteroatoms. The van der Waals surface area contributed by atoms with E-state index in [1.165, 1.54) is 11.8 Å². The molecule has 0 unspecified atom stereocenters. The lowest BCUT2D eigenvalue weighted by atomic mass is 10.2.